The Balaban J connectivity index is 2.22. The Hall–Kier alpha value is -1.55. The van der Waals surface area contributed by atoms with Crippen LogP contribution in [0.2, 0.25) is 0 Å². The van der Waals surface area contributed by atoms with E-state index in [9.17, 15) is 4.79 Å². The van der Waals surface area contributed by atoms with Crippen molar-refractivity contribution in [3.63, 3.8) is 0 Å². The van der Waals surface area contributed by atoms with Crippen molar-refractivity contribution in [2.75, 3.05) is 18.0 Å². The Morgan fingerprint density at radius 2 is 1.80 bits per heavy atom. The number of para-hydroxylation sites is 1. The molecule has 0 aromatic heterocycles. The van der Waals surface area contributed by atoms with Gasteiger partial charge in [-0.1, -0.05) is 18.2 Å². The third kappa shape index (κ3) is 3.97. The lowest BCUT2D eigenvalue weighted by Crippen LogP contribution is -2.47. The van der Waals surface area contributed by atoms with Gasteiger partial charge < -0.3 is 4.74 Å². The number of piperidine rings is 1. The zero-order valence-electron chi connectivity index (χ0n) is 12.5. The molecule has 1 amide bonds. The molecule has 1 aromatic carbocycles. The first-order chi connectivity index (χ1) is 9.47. The smallest absolute Gasteiger partial charge is 0.415 e. The van der Waals surface area contributed by atoms with E-state index in [1.807, 2.05) is 51.1 Å². The fourth-order valence-corrected chi connectivity index (χ4v) is 2.36. The van der Waals surface area contributed by atoms with Gasteiger partial charge in [-0.25, -0.2) is 10.1 Å². The molecule has 1 saturated heterocycles. The lowest BCUT2D eigenvalue weighted by atomic mass is 10.0. The van der Waals surface area contributed by atoms with E-state index in [2.05, 4.69) is 5.32 Å². The minimum absolute atomic E-state index is 0.171. The number of carbonyl (C=O) groups is 1. The third-order valence-corrected chi connectivity index (χ3v) is 3.23. The normalized spacial score (nSPS) is 16.8. The quantitative estimate of drug-likeness (QED) is 0.832. The number of hydrogen-bond donors (Lipinski definition) is 0. The standard InChI is InChI=1S/C16H23N2O2/c1-16(2,3)20-15(19)18(13-7-5-4-6-8-13)14-9-11-17-12-10-14/h4-8,14H,9-12H2,1-3H3. The number of benzene rings is 1. The van der Waals surface area contributed by atoms with Crippen LogP contribution < -0.4 is 10.2 Å². The summed E-state index contributed by atoms with van der Waals surface area (Å²) in [4.78, 5) is 14.3. The highest BCUT2D eigenvalue weighted by atomic mass is 16.6. The molecule has 4 heteroatoms. The largest absolute Gasteiger partial charge is 0.443 e. The highest BCUT2D eigenvalue weighted by Crippen LogP contribution is 2.24. The highest BCUT2D eigenvalue weighted by molar-refractivity contribution is 5.88. The fourth-order valence-electron chi connectivity index (χ4n) is 2.36. The van der Waals surface area contributed by atoms with E-state index in [0.29, 0.717) is 0 Å². The summed E-state index contributed by atoms with van der Waals surface area (Å²) in [6.07, 6.45) is 1.53. The predicted molar refractivity (Wildman–Crippen MR) is 80.0 cm³/mol. The van der Waals surface area contributed by atoms with E-state index in [-0.39, 0.29) is 12.1 Å². The van der Waals surface area contributed by atoms with Gasteiger partial charge in [-0.3, -0.25) is 4.90 Å². The van der Waals surface area contributed by atoms with Gasteiger partial charge in [0.1, 0.15) is 5.60 Å². The highest BCUT2D eigenvalue weighted by Gasteiger charge is 2.30. The molecule has 1 radical (unpaired) electrons. The Kier molecular flexibility index (Phi) is 4.65. The first-order valence-corrected chi connectivity index (χ1v) is 7.18. The molecule has 1 aliphatic rings. The van der Waals surface area contributed by atoms with Gasteiger partial charge >= 0.3 is 6.09 Å². The van der Waals surface area contributed by atoms with E-state index in [1.54, 1.807) is 4.90 Å². The van der Waals surface area contributed by atoms with E-state index in [4.69, 9.17) is 4.74 Å². The molecular formula is C16H23N2O2. The summed E-state index contributed by atoms with van der Waals surface area (Å²) in [5.74, 6) is 0. The molecule has 0 atom stereocenters. The maximum Gasteiger partial charge on any atom is 0.415 e. The van der Waals surface area contributed by atoms with Crippen molar-refractivity contribution in [1.29, 1.82) is 0 Å². The third-order valence-electron chi connectivity index (χ3n) is 3.23. The number of anilines is 1. The van der Waals surface area contributed by atoms with Crippen LogP contribution in [-0.2, 0) is 4.74 Å². The fraction of sp³-hybridized carbons (Fsp3) is 0.562. The van der Waals surface area contributed by atoms with Crippen molar-refractivity contribution in [2.45, 2.75) is 45.3 Å². The van der Waals surface area contributed by atoms with E-state index in [0.717, 1.165) is 31.6 Å². The van der Waals surface area contributed by atoms with Gasteiger partial charge in [0, 0.05) is 24.8 Å². The maximum atomic E-state index is 12.5. The molecule has 20 heavy (non-hydrogen) atoms. The van der Waals surface area contributed by atoms with Gasteiger partial charge in [0.2, 0.25) is 0 Å². The molecule has 4 nitrogen and oxygen atoms in total. The molecule has 0 N–H and O–H groups in total. The topological polar surface area (TPSA) is 43.6 Å². The molecule has 0 saturated carbocycles. The number of hydrogen-bond acceptors (Lipinski definition) is 2. The predicted octanol–water partition coefficient (Wildman–Crippen LogP) is 3.19. The van der Waals surface area contributed by atoms with Gasteiger partial charge in [0.05, 0.1) is 0 Å². The second kappa shape index (κ2) is 6.27. The van der Waals surface area contributed by atoms with Gasteiger partial charge in [0.15, 0.2) is 0 Å². The second-order valence-electron chi connectivity index (χ2n) is 6.09. The van der Waals surface area contributed by atoms with Crippen LogP contribution in [0, 0.1) is 0 Å². The van der Waals surface area contributed by atoms with Crippen LogP contribution in [0.5, 0.6) is 0 Å². The summed E-state index contributed by atoms with van der Waals surface area (Å²) < 4.78 is 5.56. The Labute approximate surface area is 121 Å². The van der Waals surface area contributed by atoms with Gasteiger partial charge in [-0.2, -0.15) is 0 Å². The molecule has 1 heterocycles. The Morgan fingerprint density at radius 3 is 2.35 bits per heavy atom. The zero-order chi connectivity index (χ0) is 14.6. The summed E-state index contributed by atoms with van der Waals surface area (Å²) in [5, 5.41) is 4.36. The molecule has 0 spiro atoms. The van der Waals surface area contributed by atoms with Crippen LogP contribution in [0.3, 0.4) is 0 Å². The minimum atomic E-state index is -0.483. The van der Waals surface area contributed by atoms with Crippen molar-refractivity contribution >= 4 is 11.8 Å². The summed E-state index contributed by atoms with van der Waals surface area (Å²) >= 11 is 0. The SMILES string of the molecule is CC(C)(C)OC(=O)N(c1ccccc1)C1CC[N]CC1. The number of nitrogens with zero attached hydrogens (tertiary/aromatic N) is 2. The van der Waals surface area contributed by atoms with Crippen LogP contribution in [0.1, 0.15) is 33.6 Å². The van der Waals surface area contributed by atoms with Crippen molar-refractivity contribution in [2.24, 2.45) is 0 Å². The number of rotatable bonds is 2. The first kappa shape index (κ1) is 14.9. The van der Waals surface area contributed by atoms with Crippen LogP contribution >= 0.6 is 0 Å². The van der Waals surface area contributed by atoms with E-state index in [1.165, 1.54) is 0 Å². The molecule has 1 aromatic rings. The molecular weight excluding hydrogens is 252 g/mol. The molecule has 0 aliphatic carbocycles. The van der Waals surface area contributed by atoms with Gasteiger partial charge in [-0.15, -0.1) is 0 Å². The van der Waals surface area contributed by atoms with Crippen LogP contribution in [0.25, 0.3) is 0 Å². The van der Waals surface area contributed by atoms with Crippen LogP contribution in [0.4, 0.5) is 10.5 Å². The van der Waals surface area contributed by atoms with Crippen molar-refractivity contribution in [1.82, 2.24) is 5.32 Å². The molecule has 109 valence electrons. The van der Waals surface area contributed by atoms with Crippen molar-refractivity contribution in [3.8, 4) is 0 Å². The van der Waals surface area contributed by atoms with E-state index >= 15 is 0 Å². The average Bonchev–Trinajstić information content (AvgIpc) is 2.39. The van der Waals surface area contributed by atoms with E-state index < -0.39 is 5.60 Å². The summed E-state index contributed by atoms with van der Waals surface area (Å²) in [7, 11) is 0. The summed E-state index contributed by atoms with van der Waals surface area (Å²) in [6, 6.07) is 9.92. The van der Waals surface area contributed by atoms with Crippen LogP contribution in [-0.4, -0.2) is 30.8 Å². The molecule has 1 aliphatic heterocycles. The maximum absolute atomic E-state index is 12.5. The van der Waals surface area contributed by atoms with Crippen LogP contribution in [0.15, 0.2) is 30.3 Å². The molecule has 1 fully saturated rings. The second-order valence-corrected chi connectivity index (χ2v) is 6.09. The number of ether oxygens (including phenoxy) is 1. The van der Waals surface area contributed by atoms with Crippen molar-refractivity contribution in [3.05, 3.63) is 30.3 Å². The average molecular weight is 275 g/mol. The summed E-state index contributed by atoms with van der Waals surface area (Å²) in [5.41, 5.74) is 0.414. The Morgan fingerprint density at radius 1 is 1.20 bits per heavy atom. The molecule has 0 bridgehead atoms. The molecule has 0 unspecified atom stereocenters. The molecule has 2 rings (SSSR count). The number of amides is 1. The Bertz CT molecular complexity index is 434. The van der Waals surface area contributed by atoms with Gasteiger partial charge in [0.25, 0.3) is 0 Å². The van der Waals surface area contributed by atoms with Gasteiger partial charge in [-0.05, 0) is 45.7 Å². The summed E-state index contributed by atoms with van der Waals surface area (Å²) in [6.45, 7) is 7.31. The number of carbonyl (C=O) groups excluding carboxylic acids is 1. The lowest BCUT2D eigenvalue weighted by molar-refractivity contribution is 0.0559. The lowest BCUT2D eigenvalue weighted by Gasteiger charge is -2.35. The van der Waals surface area contributed by atoms with Crippen molar-refractivity contribution < 1.29 is 9.53 Å². The first-order valence-electron chi connectivity index (χ1n) is 7.18. The minimum Gasteiger partial charge on any atom is -0.443 e. The monoisotopic (exact) mass is 275 g/mol. The zero-order valence-corrected chi connectivity index (χ0v) is 12.5.